The Kier molecular flexibility index (Phi) is 1.37. The van der Waals surface area contributed by atoms with Gasteiger partial charge in [-0.1, -0.05) is 23.4 Å². The maximum Gasteiger partial charge on any atom is 0.329 e. The maximum atomic E-state index is 3.83. The molecule has 1 aromatic heterocycles. The zero-order valence-corrected chi connectivity index (χ0v) is 5.78. The summed E-state index contributed by atoms with van der Waals surface area (Å²) in [6.45, 7) is 0. The number of hydrogen-bond donors (Lipinski definition) is 1. The van der Waals surface area contributed by atoms with E-state index >= 15 is 0 Å². The summed E-state index contributed by atoms with van der Waals surface area (Å²) in [5.41, 5.74) is 1.03. The van der Waals surface area contributed by atoms with Gasteiger partial charge < -0.3 is 0 Å². The van der Waals surface area contributed by atoms with Crippen LogP contribution >= 0.6 is 0 Å². The lowest BCUT2D eigenvalue weighted by Crippen LogP contribution is -2.05. The lowest BCUT2D eigenvalue weighted by atomic mass is 10.2. The van der Waals surface area contributed by atoms with Gasteiger partial charge in [0.2, 0.25) is 0 Å². The van der Waals surface area contributed by atoms with E-state index in [0.29, 0.717) is 0 Å². The smallest absolute Gasteiger partial charge is 0.172 e. The zero-order valence-electron chi connectivity index (χ0n) is 5.78. The summed E-state index contributed by atoms with van der Waals surface area (Å²) >= 11 is 0. The first-order chi connectivity index (χ1) is 5.47. The Morgan fingerprint density at radius 2 is 2.00 bits per heavy atom. The highest BCUT2D eigenvalue weighted by molar-refractivity contribution is 5.50. The van der Waals surface area contributed by atoms with E-state index in [1.807, 2.05) is 30.3 Å². The molecule has 0 amide bonds. The van der Waals surface area contributed by atoms with Crippen molar-refractivity contribution in [3.8, 4) is 11.4 Å². The van der Waals surface area contributed by atoms with Crippen LogP contribution in [-0.2, 0) is 0 Å². The second-order valence-corrected chi connectivity index (χ2v) is 2.15. The fourth-order valence-electron chi connectivity index (χ4n) is 0.904. The molecule has 1 heterocycles. The second-order valence-electron chi connectivity index (χ2n) is 2.15. The average Bonchev–Trinajstić information content (AvgIpc) is 2.58. The minimum absolute atomic E-state index is 0.755. The van der Waals surface area contributed by atoms with Gasteiger partial charge in [-0.2, -0.15) is 5.10 Å². The van der Waals surface area contributed by atoms with Crippen LogP contribution in [0.1, 0.15) is 0 Å². The average molecular weight is 147 g/mol. The number of rotatable bonds is 1. The molecule has 0 aliphatic heterocycles. The van der Waals surface area contributed by atoms with Crippen LogP contribution in [0.5, 0.6) is 0 Å². The Bertz CT molecular complexity index is 313. The molecule has 54 valence electrons. The molecule has 1 aromatic carbocycles. The molecular formula is C7H7N4+. The van der Waals surface area contributed by atoms with Crippen LogP contribution in [0.15, 0.2) is 30.3 Å². The van der Waals surface area contributed by atoms with Gasteiger partial charge in [-0.05, 0) is 12.1 Å². The monoisotopic (exact) mass is 147 g/mol. The molecule has 4 heteroatoms. The van der Waals surface area contributed by atoms with E-state index in [1.54, 1.807) is 0 Å². The first-order valence-corrected chi connectivity index (χ1v) is 3.31. The summed E-state index contributed by atoms with van der Waals surface area (Å²) in [5, 5.41) is 12.7. The summed E-state index contributed by atoms with van der Waals surface area (Å²) < 4.78 is 0. The quantitative estimate of drug-likeness (QED) is 0.630. The number of H-pyrrole nitrogens is 2. The van der Waals surface area contributed by atoms with Gasteiger partial charge in [-0.15, -0.1) is 0 Å². The highest BCUT2D eigenvalue weighted by Gasteiger charge is 2.06. The van der Waals surface area contributed by atoms with Crippen molar-refractivity contribution in [1.29, 1.82) is 0 Å². The van der Waals surface area contributed by atoms with Crippen LogP contribution in [0, 0.1) is 0 Å². The van der Waals surface area contributed by atoms with Gasteiger partial charge in [0.05, 0.1) is 5.56 Å². The molecule has 2 N–H and O–H groups in total. The number of nitrogens with one attached hydrogen (secondary N) is 2. The highest BCUT2D eigenvalue weighted by atomic mass is 15.5. The lowest BCUT2D eigenvalue weighted by Gasteiger charge is -1.85. The van der Waals surface area contributed by atoms with Crippen LogP contribution in [0.25, 0.3) is 11.4 Å². The predicted molar refractivity (Wildman–Crippen MR) is 38.4 cm³/mol. The van der Waals surface area contributed by atoms with E-state index < -0.39 is 0 Å². The van der Waals surface area contributed by atoms with Gasteiger partial charge in [-0.3, -0.25) is 0 Å². The number of benzene rings is 1. The van der Waals surface area contributed by atoms with Crippen molar-refractivity contribution in [2.45, 2.75) is 0 Å². The Balaban J connectivity index is 2.46. The molecule has 4 nitrogen and oxygen atoms in total. The molecule has 0 saturated heterocycles. The first kappa shape index (κ1) is 6.03. The largest absolute Gasteiger partial charge is 0.329 e. The predicted octanol–water partition coefficient (Wildman–Crippen LogP) is 0.286. The number of nitrogens with zero attached hydrogens (tertiary/aromatic N) is 2. The fourth-order valence-corrected chi connectivity index (χ4v) is 0.904. The summed E-state index contributed by atoms with van der Waals surface area (Å²) in [7, 11) is 0. The topological polar surface area (TPSA) is 55.7 Å². The molecule has 0 unspecified atom stereocenters. The second kappa shape index (κ2) is 2.49. The number of aromatic nitrogens is 4. The maximum absolute atomic E-state index is 3.83. The van der Waals surface area contributed by atoms with Crippen molar-refractivity contribution in [1.82, 2.24) is 15.5 Å². The van der Waals surface area contributed by atoms with Crippen LogP contribution in [0.3, 0.4) is 0 Å². The summed E-state index contributed by atoms with van der Waals surface area (Å²) in [6, 6.07) is 9.81. The third kappa shape index (κ3) is 1.10. The first-order valence-electron chi connectivity index (χ1n) is 3.31. The van der Waals surface area contributed by atoms with E-state index in [2.05, 4.69) is 20.6 Å². The summed E-state index contributed by atoms with van der Waals surface area (Å²) in [4.78, 5) is 0. The van der Waals surface area contributed by atoms with Crippen molar-refractivity contribution < 1.29 is 5.10 Å². The molecule has 0 fully saturated rings. The lowest BCUT2D eigenvalue weighted by molar-refractivity contribution is -0.444. The van der Waals surface area contributed by atoms with Crippen LogP contribution < -0.4 is 5.10 Å². The van der Waals surface area contributed by atoms with E-state index in [0.717, 1.165) is 11.4 Å². The Morgan fingerprint density at radius 1 is 1.18 bits per heavy atom. The molecule has 0 saturated carbocycles. The van der Waals surface area contributed by atoms with Gasteiger partial charge in [0, 0.05) is 0 Å². The number of hydrogen-bond acceptors (Lipinski definition) is 2. The van der Waals surface area contributed by atoms with Crippen molar-refractivity contribution in [2.24, 2.45) is 0 Å². The number of aromatic amines is 2. The third-order valence-corrected chi connectivity index (χ3v) is 1.42. The van der Waals surface area contributed by atoms with E-state index in [9.17, 15) is 0 Å². The molecule has 0 atom stereocenters. The van der Waals surface area contributed by atoms with Crippen LogP contribution in [0.4, 0.5) is 0 Å². The molecule has 0 aliphatic carbocycles. The van der Waals surface area contributed by atoms with Gasteiger partial charge in [0.25, 0.3) is 0 Å². The Morgan fingerprint density at radius 3 is 2.64 bits per heavy atom. The van der Waals surface area contributed by atoms with Gasteiger partial charge in [0.1, 0.15) is 5.10 Å². The van der Waals surface area contributed by atoms with Crippen molar-refractivity contribution in [2.75, 3.05) is 0 Å². The molecule has 2 rings (SSSR count). The van der Waals surface area contributed by atoms with E-state index in [-0.39, 0.29) is 0 Å². The molecule has 0 spiro atoms. The summed E-state index contributed by atoms with van der Waals surface area (Å²) in [6.07, 6.45) is 0. The molecule has 2 aromatic rings. The molecular weight excluding hydrogens is 140 g/mol. The Labute approximate surface area is 63.3 Å². The SMILES string of the molecule is c1ccc(-c2nn[nH][nH+]2)cc1. The van der Waals surface area contributed by atoms with Crippen molar-refractivity contribution in [3.05, 3.63) is 30.3 Å². The van der Waals surface area contributed by atoms with Crippen molar-refractivity contribution >= 4 is 0 Å². The molecule has 11 heavy (non-hydrogen) atoms. The standard InChI is InChI=1S/C7H6N4/c1-2-4-6(5-3-1)7-8-10-11-9-7/h1-5H,(H,8,9,10,11)/p+1. The Hall–Kier alpha value is -1.71. The van der Waals surface area contributed by atoms with E-state index in [1.165, 1.54) is 0 Å². The highest BCUT2D eigenvalue weighted by Crippen LogP contribution is 2.07. The molecule has 0 radical (unpaired) electrons. The fraction of sp³-hybridized carbons (Fsp3) is 0. The minimum Gasteiger partial charge on any atom is -0.172 e. The van der Waals surface area contributed by atoms with Gasteiger partial charge in [0.15, 0.2) is 5.21 Å². The summed E-state index contributed by atoms with van der Waals surface area (Å²) in [5.74, 6) is 0.755. The van der Waals surface area contributed by atoms with Crippen LogP contribution in [0.2, 0.25) is 0 Å². The number of tetrazole rings is 1. The molecule has 0 aliphatic rings. The normalized spacial score (nSPS) is 9.82. The zero-order chi connectivity index (χ0) is 7.52. The molecule has 0 bridgehead atoms. The van der Waals surface area contributed by atoms with Crippen molar-refractivity contribution in [3.63, 3.8) is 0 Å². The van der Waals surface area contributed by atoms with E-state index in [4.69, 9.17) is 0 Å². The third-order valence-electron chi connectivity index (χ3n) is 1.42. The van der Waals surface area contributed by atoms with Crippen LogP contribution in [-0.4, -0.2) is 15.5 Å². The van der Waals surface area contributed by atoms with Gasteiger partial charge in [-0.25, -0.2) is 0 Å². The van der Waals surface area contributed by atoms with Gasteiger partial charge >= 0.3 is 5.82 Å². The minimum atomic E-state index is 0.755.